The second kappa shape index (κ2) is 9.01. The van der Waals surface area contributed by atoms with Gasteiger partial charge in [-0.1, -0.05) is 46.3 Å². The van der Waals surface area contributed by atoms with Crippen LogP contribution in [0.3, 0.4) is 0 Å². The molecule has 0 saturated heterocycles. The number of nitrogens with zero attached hydrogens (tertiary/aromatic N) is 2. The zero-order valence-electron chi connectivity index (χ0n) is 14.7. The quantitative estimate of drug-likeness (QED) is 0.157. The summed E-state index contributed by atoms with van der Waals surface area (Å²) < 4.78 is 0.981. The molecule has 3 rings (SSSR count). The van der Waals surface area contributed by atoms with Crippen LogP contribution in [-0.4, -0.2) is 16.9 Å². The van der Waals surface area contributed by atoms with E-state index in [4.69, 9.17) is 0 Å². The summed E-state index contributed by atoms with van der Waals surface area (Å²) in [5.74, 6) is -0.115. The van der Waals surface area contributed by atoms with Gasteiger partial charge >= 0.3 is 0 Å². The van der Waals surface area contributed by atoms with Gasteiger partial charge in [-0.3, -0.25) is 19.9 Å². The van der Waals surface area contributed by atoms with E-state index in [1.54, 1.807) is 48.7 Å². The van der Waals surface area contributed by atoms with Crippen LogP contribution in [0.2, 0.25) is 0 Å². The molecule has 0 fully saturated rings. The van der Waals surface area contributed by atoms with Crippen molar-refractivity contribution in [2.75, 3.05) is 0 Å². The van der Waals surface area contributed by atoms with Gasteiger partial charge in [0, 0.05) is 28.4 Å². The van der Waals surface area contributed by atoms with Crippen molar-refractivity contribution in [3.8, 4) is 0 Å². The molecule has 138 valence electrons. The number of rotatable bonds is 6. The normalized spacial score (nSPS) is 11.2. The minimum Gasteiger partial charge on any atom is -0.289 e. The van der Waals surface area contributed by atoms with Crippen LogP contribution < -0.4 is 0 Å². The monoisotopic (exact) mass is 434 g/mol. The highest BCUT2D eigenvalue weighted by atomic mass is 79.9. The number of nitro groups is 1. The molecular weight excluding hydrogens is 420 g/mol. The van der Waals surface area contributed by atoms with Gasteiger partial charge in [0.05, 0.1) is 10.6 Å². The van der Waals surface area contributed by atoms with E-state index in [0.717, 1.165) is 15.6 Å². The van der Waals surface area contributed by atoms with Crippen molar-refractivity contribution in [2.45, 2.75) is 0 Å². The highest BCUT2D eigenvalue weighted by Crippen LogP contribution is 2.17. The van der Waals surface area contributed by atoms with Crippen molar-refractivity contribution in [1.82, 2.24) is 0 Å². The molecule has 0 aromatic heterocycles. The number of carbonyl (C=O) groups is 1. The van der Waals surface area contributed by atoms with Crippen LogP contribution in [0.4, 0.5) is 11.4 Å². The minimum atomic E-state index is -0.447. The summed E-state index contributed by atoms with van der Waals surface area (Å²) >= 11 is 3.38. The van der Waals surface area contributed by atoms with Gasteiger partial charge in [0.25, 0.3) is 5.69 Å². The van der Waals surface area contributed by atoms with Crippen LogP contribution in [-0.2, 0) is 0 Å². The number of ketones is 1. The maximum atomic E-state index is 12.4. The van der Waals surface area contributed by atoms with Crippen molar-refractivity contribution < 1.29 is 9.72 Å². The molecule has 0 aliphatic rings. The first-order valence-electron chi connectivity index (χ1n) is 8.38. The molecule has 3 aromatic carbocycles. The van der Waals surface area contributed by atoms with Gasteiger partial charge in [-0.05, 0) is 53.6 Å². The van der Waals surface area contributed by atoms with Gasteiger partial charge in [-0.25, -0.2) is 0 Å². The Balaban J connectivity index is 1.71. The van der Waals surface area contributed by atoms with Crippen molar-refractivity contribution in [2.24, 2.45) is 4.99 Å². The first-order chi connectivity index (χ1) is 13.5. The van der Waals surface area contributed by atoms with Gasteiger partial charge in [-0.15, -0.1) is 0 Å². The van der Waals surface area contributed by atoms with Gasteiger partial charge in [0.2, 0.25) is 0 Å². The fraction of sp³-hybridized carbons (Fsp3) is 0. The molecule has 0 atom stereocenters. The lowest BCUT2D eigenvalue weighted by atomic mass is 10.1. The molecule has 0 saturated carbocycles. The van der Waals surface area contributed by atoms with Crippen LogP contribution in [0.5, 0.6) is 0 Å². The second-order valence-corrected chi connectivity index (χ2v) is 6.82. The Labute approximate surface area is 170 Å². The van der Waals surface area contributed by atoms with E-state index in [9.17, 15) is 14.9 Å². The van der Waals surface area contributed by atoms with E-state index in [0.29, 0.717) is 11.3 Å². The lowest BCUT2D eigenvalue weighted by molar-refractivity contribution is -0.384. The Morgan fingerprint density at radius 3 is 2.32 bits per heavy atom. The molecule has 0 aliphatic heterocycles. The number of carbonyl (C=O) groups excluding carboxylic acids is 1. The first-order valence-corrected chi connectivity index (χ1v) is 9.17. The van der Waals surface area contributed by atoms with Crippen LogP contribution in [0.15, 0.2) is 88.3 Å². The number of halogens is 1. The van der Waals surface area contributed by atoms with Gasteiger partial charge < -0.3 is 0 Å². The number of aliphatic imine (C=N–C) groups is 1. The molecule has 0 unspecified atom stereocenters. The molecule has 0 radical (unpaired) electrons. The van der Waals surface area contributed by atoms with Crippen LogP contribution in [0, 0.1) is 10.1 Å². The summed E-state index contributed by atoms with van der Waals surface area (Å²) in [4.78, 5) is 27.0. The highest BCUT2D eigenvalue weighted by Gasteiger charge is 2.04. The zero-order chi connectivity index (χ0) is 19.9. The maximum Gasteiger partial charge on any atom is 0.269 e. The van der Waals surface area contributed by atoms with Gasteiger partial charge in [-0.2, -0.15) is 0 Å². The molecule has 0 amide bonds. The van der Waals surface area contributed by atoms with Crippen LogP contribution in [0.1, 0.15) is 21.5 Å². The van der Waals surface area contributed by atoms with Crippen LogP contribution in [0.25, 0.3) is 6.08 Å². The Morgan fingerprint density at radius 2 is 1.64 bits per heavy atom. The molecule has 3 aromatic rings. The summed E-state index contributed by atoms with van der Waals surface area (Å²) in [5.41, 5.74) is 2.86. The van der Waals surface area contributed by atoms with Crippen molar-refractivity contribution >= 4 is 45.4 Å². The molecule has 0 aliphatic carbocycles. The van der Waals surface area contributed by atoms with E-state index in [-0.39, 0.29) is 11.5 Å². The van der Waals surface area contributed by atoms with Crippen LogP contribution >= 0.6 is 15.9 Å². The lowest BCUT2D eigenvalue weighted by Gasteiger charge is -1.99. The molecule has 5 nitrogen and oxygen atoms in total. The second-order valence-electron chi connectivity index (χ2n) is 5.91. The Bertz CT molecular complexity index is 1060. The van der Waals surface area contributed by atoms with E-state index >= 15 is 0 Å². The first kappa shape index (κ1) is 19.4. The molecular formula is C22H15BrN2O3. The summed E-state index contributed by atoms with van der Waals surface area (Å²) in [6.07, 6.45) is 4.90. The lowest BCUT2D eigenvalue weighted by Crippen LogP contribution is -1.93. The third-order valence-electron chi connectivity index (χ3n) is 3.89. The third kappa shape index (κ3) is 5.31. The van der Waals surface area contributed by atoms with Gasteiger partial charge in [0.1, 0.15) is 0 Å². The molecule has 0 bridgehead atoms. The largest absolute Gasteiger partial charge is 0.289 e. The number of hydrogen-bond acceptors (Lipinski definition) is 4. The third-order valence-corrected chi connectivity index (χ3v) is 4.42. The summed E-state index contributed by atoms with van der Waals surface area (Å²) in [5, 5.41) is 10.7. The Morgan fingerprint density at radius 1 is 0.964 bits per heavy atom. The average Bonchev–Trinajstić information content (AvgIpc) is 2.72. The Hall–Kier alpha value is -3.38. The smallest absolute Gasteiger partial charge is 0.269 e. The molecule has 6 heteroatoms. The topological polar surface area (TPSA) is 72.6 Å². The van der Waals surface area contributed by atoms with E-state index in [2.05, 4.69) is 20.9 Å². The van der Waals surface area contributed by atoms with Gasteiger partial charge in [0.15, 0.2) is 5.78 Å². The number of hydrogen-bond donors (Lipinski definition) is 0. The fourth-order valence-electron chi connectivity index (χ4n) is 2.41. The minimum absolute atomic E-state index is 0.0299. The molecule has 0 N–H and O–H groups in total. The van der Waals surface area contributed by atoms with Crippen molar-refractivity contribution in [3.05, 3.63) is 110 Å². The SMILES string of the molecule is O=C(/C=C/c1ccc(Br)cc1)c1cccc(N=Cc2ccc([N+](=O)[O-])cc2)c1. The molecule has 28 heavy (non-hydrogen) atoms. The predicted molar refractivity (Wildman–Crippen MR) is 114 cm³/mol. The molecule has 0 spiro atoms. The highest BCUT2D eigenvalue weighted by molar-refractivity contribution is 9.10. The number of non-ortho nitro benzene ring substituents is 1. The van der Waals surface area contributed by atoms with E-state index < -0.39 is 4.92 Å². The van der Waals surface area contributed by atoms with Crippen molar-refractivity contribution in [1.29, 1.82) is 0 Å². The standard InChI is InChI=1S/C22H15BrN2O3/c23-19-9-4-16(5-10-19)8-13-22(26)18-2-1-3-20(14-18)24-15-17-6-11-21(12-7-17)25(27)28/h1-15H/b13-8+,24-15?. The fourth-order valence-corrected chi connectivity index (χ4v) is 2.68. The molecule has 0 heterocycles. The predicted octanol–water partition coefficient (Wildman–Crippen LogP) is 6.00. The Kier molecular flexibility index (Phi) is 6.24. The summed E-state index contributed by atoms with van der Waals surface area (Å²) in [6, 6.07) is 20.8. The maximum absolute atomic E-state index is 12.4. The average molecular weight is 435 g/mol. The number of allylic oxidation sites excluding steroid dienone is 1. The summed E-state index contributed by atoms with van der Waals surface area (Å²) in [7, 11) is 0. The number of nitro benzene ring substituents is 1. The zero-order valence-corrected chi connectivity index (χ0v) is 16.2. The van der Waals surface area contributed by atoms with E-state index in [1.807, 2.05) is 24.3 Å². The summed E-state index contributed by atoms with van der Waals surface area (Å²) in [6.45, 7) is 0. The number of benzene rings is 3. The van der Waals surface area contributed by atoms with Crippen molar-refractivity contribution in [3.63, 3.8) is 0 Å². The van der Waals surface area contributed by atoms with E-state index in [1.165, 1.54) is 18.2 Å².